The van der Waals surface area contributed by atoms with Crippen LogP contribution in [-0.2, 0) is 6.54 Å². The second-order valence-corrected chi connectivity index (χ2v) is 4.83. The predicted molar refractivity (Wildman–Crippen MR) is 77.6 cm³/mol. The van der Waals surface area contributed by atoms with Gasteiger partial charge in [0.2, 0.25) is 0 Å². The van der Waals surface area contributed by atoms with Crippen LogP contribution in [0, 0.1) is 18.3 Å². The van der Waals surface area contributed by atoms with Crippen molar-refractivity contribution in [1.29, 1.82) is 5.26 Å². The molecule has 0 fully saturated rings. The Hall–Kier alpha value is -2.11. The van der Waals surface area contributed by atoms with Gasteiger partial charge in [-0.3, -0.25) is 0 Å². The van der Waals surface area contributed by atoms with Crippen molar-refractivity contribution in [3.63, 3.8) is 0 Å². The van der Waals surface area contributed by atoms with E-state index < -0.39 is 0 Å². The van der Waals surface area contributed by atoms with Crippen LogP contribution in [0.25, 0.3) is 0 Å². The summed E-state index contributed by atoms with van der Waals surface area (Å²) in [7, 11) is 0. The Balaban J connectivity index is 1.96. The average molecular weight is 250 g/mol. The van der Waals surface area contributed by atoms with Crippen molar-refractivity contribution in [3.8, 4) is 6.07 Å². The zero-order chi connectivity index (χ0) is 13.7. The molecule has 2 heteroatoms. The molecule has 0 unspecified atom stereocenters. The number of aryl methyl sites for hydroxylation is 1. The molecule has 1 N–H and O–H groups in total. The van der Waals surface area contributed by atoms with Crippen molar-refractivity contribution in [3.05, 3.63) is 70.8 Å². The SMILES string of the molecule is Cc1cccc([C@@H](C)NCc2ccc(C#N)cc2)c1. The van der Waals surface area contributed by atoms with E-state index in [9.17, 15) is 0 Å². The summed E-state index contributed by atoms with van der Waals surface area (Å²) in [6.07, 6.45) is 0. The summed E-state index contributed by atoms with van der Waals surface area (Å²) in [5, 5.41) is 12.3. The van der Waals surface area contributed by atoms with Gasteiger partial charge in [0, 0.05) is 12.6 Å². The Morgan fingerprint density at radius 2 is 1.89 bits per heavy atom. The van der Waals surface area contributed by atoms with Gasteiger partial charge >= 0.3 is 0 Å². The molecule has 0 aliphatic heterocycles. The van der Waals surface area contributed by atoms with Gasteiger partial charge in [0.25, 0.3) is 0 Å². The van der Waals surface area contributed by atoms with Gasteiger partial charge in [-0.1, -0.05) is 42.0 Å². The van der Waals surface area contributed by atoms with E-state index >= 15 is 0 Å². The lowest BCUT2D eigenvalue weighted by molar-refractivity contribution is 0.574. The second-order valence-electron chi connectivity index (χ2n) is 4.83. The molecular formula is C17H18N2. The molecule has 0 aliphatic carbocycles. The van der Waals surface area contributed by atoms with E-state index in [2.05, 4.69) is 49.5 Å². The molecule has 2 rings (SSSR count). The summed E-state index contributed by atoms with van der Waals surface area (Å²) in [4.78, 5) is 0. The highest BCUT2D eigenvalue weighted by molar-refractivity contribution is 5.31. The Morgan fingerprint density at radius 1 is 1.16 bits per heavy atom. The molecule has 0 bridgehead atoms. The van der Waals surface area contributed by atoms with Gasteiger partial charge < -0.3 is 5.32 Å². The van der Waals surface area contributed by atoms with Crippen molar-refractivity contribution in [1.82, 2.24) is 5.32 Å². The van der Waals surface area contributed by atoms with Crippen molar-refractivity contribution < 1.29 is 0 Å². The van der Waals surface area contributed by atoms with Crippen LogP contribution >= 0.6 is 0 Å². The van der Waals surface area contributed by atoms with Crippen LogP contribution in [0.2, 0.25) is 0 Å². The van der Waals surface area contributed by atoms with Crippen molar-refractivity contribution in [2.75, 3.05) is 0 Å². The molecule has 1 atom stereocenters. The molecule has 19 heavy (non-hydrogen) atoms. The van der Waals surface area contributed by atoms with Gasteiger partial charge in [-0.05, 0) is 37.1 Å². The molecule has 2 nitrogen and oxygen atoms in total. The highest BCUT2D eigenvalue weighted by Crippen LogP contribution is 2.14. The van der Waals surface area contributed by atoms with Crippen LogP contribution in [0.5, 0.6) is 0 Å². The highest BCUT2D eigenvalue weighted by atomic mass is 14.9. The fourth-order valence-corrected chi connectivity index (χ4v) is 2.03. The number of rotatable bonds is 4. The number of nitrogens with zero attached hydrogens (tertiary/aromatic N) is 1. The molecule has 2 aromatic rings. The molecule has 0 saturated heterocycles. The molecule has 0 heterocycles. The molecule has 0 aliphatic rings. The molecule has 0 amide bonds. The van der Waals surface area contributed by atoms with E-state index in [1.54, 1.807) is 0 Å². The number of benzene rings is 2. The third kappa shape index (κ3) is 3.67. The minimum atomic E-state index is 0.315. The maximum absolute atomic E-state index is 8.76. The second kappa shape index (κ2) is 6.17. The third-order valence-electron chi connectivity index (χ3n) is 3.24. The van der Waals surface area contributed by atoms with E-state index in [1.165, 1.54) is 16.7 Å². The van der Waals surface area contributed by atoms with Crippen LogP contribution in [0.1, 0.15) is 35.2 Å². The van der Waals surface area contributed by atoms with E-state index in [-0.39, 0.29) is 0 Å². The Labute approximate surface area is 114 Å². The maximum atomic E-state index is 8.76. The van der Waals surface area contributed by atoms with Gasteiger partial charge in [-0.25, -0.2) is 0 Å². The molecular weight excluding hydrogens is 232 g/mol. The first-order valence-electron chi connectivity index (χ1n) is 6.48. The summed E-state index contributed by atoms with van der Waals surface area (Å²) < 4.78 is 0. The van der Waals surface area contributed by atoms with E-state index in [4.69, 9.17) is 5.26 Å². The Bertz CT molecular complexity index is 579. The van der Waals surface area contributed by atoms with Gasteiger partial charge in [0.05, 0.1) is 11.6 Å². The van der Waals surface area contributed by atoms with Crippen molar-refractivity contribution >= 4 is 0 Å². The van der Waals surface area contributed by atoms with Crippen molar-refractivity contribution in [2.45, 2.75) is 26.4 Å². The van der Waals surface area contributed by atoms with Crippen LogP contribution in [0.4, 0.5) is 0 Å². The Morgan fingerprint density at radius 3 is 2.53 bits per heavy atom. The summed E-state index contributed by atoms with van der Waals surface area (Å²) in [5.74, 6) is 0. The first-order chi connectivity index (χ1) is 9.19. The summed E-state index contributed by atoms with van der Waals surface area (Å²) >= 11 is 0. The fourth-order valence-electron chi connectivity index (χ4n) is 2.03. The van der Waals surface area contributed by atoms with Gasteiger partial charge in [-0.15, -0.1) is 0 Å². The van der Waals surface area contributed by atoms with E-state index in [0.717, 1.165) is 6.54 Å². The molecule has 0 aromatic heterocycles. The largest absolute Gasteiger partial charge is 0.306 e. The standard InChI is InChI=1S/C17H18N2/c1-13-4-3-5-17(10-13)14(2)19-12-16-8-6-15(11-18)7-9-16/h3-10,14,19H,12H2,1-2H3/t14-/m1/s1. The topological polar surface area (TPSA) is 35.8 Å². The Kier molecular flexibility index (Phi) is 4.33. The van der Waals surface area contributed by atoms with Crippen LogP contribution < -0.4 is 5.32 Å². The molecule has 0 saturated carbocycles. The highest BCUT2D eigenvalue weighted by Gasteiger charge is 2.04. The zero-order valence-corrected chi connectivity index (χ0v) is 11.4. The van der Waals surface area contributed by atoms with Gasteiger partial charge in [0.1, 0.15) is 0 Å². The van der Waals surface area contributed by atoms with Gasteiger partial charge in [-0.2, -0.15) is 5.26 Å². The first-order valence-corrected chi connectivity index (χ1v) is 6.48. The van der Waals surface area contributed by atoms with Crippen LogP contribution in [-0.4, -0.2) is 0 Å². The van der Waals surface area contributed by atoms with Crippen LogP contribution in [0.3, 0.4) is 0 Å². The number of nitriles is 1. The van der Waals surface area contributed by atoms with E-state index in [1.807, 2.05) is 24.3 Å². The lowest BCUT2D eigenvalue weighted by atomic mass is 10.1. The normalized spacial score (nSPS) is 11.8. The monoisotopic (exact) mass is 250 g/mol. The first kappa shape index (κ1) is 13.3. The predicted octanol–water partition coefficient (Wildman–Crippen LogP) is 3.72. The molecule has 2 aromatic carbocycles. The summed E-state index contributed by atoms with van der Waals surface area (Å²) in [6, 6.07) is 18.7. The zero-order valence-electron chi connectivity index (χ0n) is 11.4. The lowest BCUT2D eigenvalue weighted by Gasteiger charge is -2.15. The lowest BCUT2D eigenvalue weighted by Crippen LogP contribution is -2.18. The summed E-state index contributed by atoms with van der Waals surface area (Å²) in [6.45, 7) is 5.08. The smallest absolute Gasteiger partial charge is 0.0991 e. The molecule has 0 radical (unpaired) electrons. The van der Waals surface area contributed by atoms with Crippen LogP contribution in [0.15, 0.2) is 48.5 Å². The molecule has 0 spiro atoms. The quantitative estimate of drug-likeness (QED) is 0.897. The van der Waals surface area contributed by atoms with Gasteiger partial charge in [0.15, 0.2) is 0 Å². The number of nitrogens with one attached hydrogen (secondary N) is 1. The number of hydrogen-bond donors (Lipinski definition) is 1. The fraction of sp³-hybridized carbons (Fsp3) is 0.235. The average Bonchev–Trinajstić information content (AvgIpc) is 2.45. The maximum Gasteiger partial charge on any atom is 0.0991 e. The van der Waals surface area contributed by atoms with E-state index in [0.29, 0.717) is 11.6 Å². The van der Waals surface area contributed by atoms with Crippen molar-refractivity contribution in [2.24, 2.45) is 0 Å². The molecule has 96 valence electrons. The minimum Gasteiger partial charge on any atom is -0.306 e. The number of hydrogen-bond acceptors (Lipinski definition) is 2. The summed E-state index contributed by atoms with van der Waals surface area (Å²) in [5.41, 5.74) is 4.48. The third-order valence-corrected chi connectivity index (χ3v) is 3.24. The minimum absolute atomic E-state index is 0.315.